The van der Waals surface area contributed by atoms with Crippen LogP contribution in [0.2, 0.25) is 5.02 Å². The fraction of sp³-hybridized carbons (Fsp3) is 0.167. The number of nitrogens with zero attached hydrogens (tertiary/aromatic N) is 3. The van der Waals surface area contributed by atoms with Gasteiger partial charge >= 0.3 is 0 Å². The summed E-state index contributed by atoms with van der Waals surface area (Å²) in [6.07, 6.45) is 3.10. The Balaban J connectivity index is 1.82. The highest BCUT2D eigenvalue weighted by atomic mass is 35.5. The van der Waals surface area contributed by atoms with E-state index in [4.69, 9.17) is 21.1 Å². The number of amides is 1. The Labute approximate surface area is 155 Å². The van der Waals surface area contributed by atoms with Gasteiger partial charge in [-0.05, 0) is 24.3 Å². The summed E-state index contributed by atoms with van der Waals surface area (Å²) in [5.74, 6) is 1.04. The standard InChI is InChI=1S/C18H17ClN4O3/c1-25-14-5-3-12(17(9-14)26-2)7-18(24)22-15-8-13(19)4-6-16(15)23-11-20-10-21-23/h3-6,8-11H,7H2,1-2H3,(H,22,24). The first-order valence-corrected chi connectivity index (χ1v) is 8.14. The number of hydrogen-bond acceptors (Lipinski definition) is 5. The van der Waals surface area contributed by atoms with Gasteiger partial charge in [-0.25, -0.2) is 9.67 Å². The van der Waals surface area contributed by atoms with E-state index in [-0.39, 0.29) is 12.3 Å². The number of hydrogen-bond donors (Lipinski definition) is 1. The van der Waals surface area contributed by atoms with Gasteiger partial charge in [0.05, 0.1) is 32.0 Å². The van der Waals surface area contributed by atoms with Crippen molar-refractivity contribution in [2.45, 2.75) is 6.42 Å². The smallest absolute Gasteiger partial charge is 0.228 e. The molecular formula is C18H17ClN4O3. The lowest BCUT2D eigenvalue weighted by Gasteiger charge is -2.13. The van der Waals surface area contributed by atoms with E-state index in [1.165, 1.54) is 6.33 Å². The number of ether oxygens (including phenoxy) is 2. The maximum atomic E-state index is 12.6. The molecule has 7 nitrogen and oxygen atoms in total. The normalized spacial score (nSPS) is 10.4. The van der Waals surface area contributed by atoms with Crippen LogP contribution in [0.4, 0.5) is 5.69 Å². The third-order valence-corrected chi connectivity index (χ3v) is 3.98. The van der Waals surface area contributed by atoms with Crippen molar-refractivity contribution >= 4 is 23.2 Å². The predicted molar refractivity (Wildman–Crippen MR) is 98.2 cm³/mol. The van der Waals surface area contributed by atoms with Gasteiger partial charge in [-0.3, -0.25) is 4.79 Å². The summed E-state index contributed by atoms with van der Waals surface area (Å²) >= 11 is 6.07. The largest absolute Gasteiger partial charge is 0.497 e. The summed E-state index contributed by atoms with van der Waals surface area (Å²) in [5.41, 5.74) is 1.96. The zero-order valence-corrected chi connectivity index (χ0v) is 15.0. The second-order valence-corrected chi connectivity index (χ2v) is 5.84. The van der Waals surface area contributed by atoms with Crippen molar-refractivity contribution in [3.63, 3.8) is 0 Å². The number of benzene rings is 2. The maximum Gasteiger partial charge on any atom is 0.228 e. The van der Waals surface area contributed by atoms with Crippen LogP contribution in [0, 0.1) is 0 Å². The number of rotatable bonds is 6. The molecule has 0 unspecified atom stereocenters. The number of anilines is 1. The first-order valence-electron chi connectivity index (χ1n) is 7.76. The lowest BCUT2D eigenvalue weighted by Crippen LogP contribution is -2.16. The first kappa shape index (κ1) is 17.8. The zero-order valence-electron chi connectivity index (χ0n) is 14.3. The van der Waals surface area contributed by atoms with Crippen LogP contribution >= 0.6 is 11.6 Å². The van der Waals surface area contributed by atoms with Gasteiger partial charge in [0.15, 0.2) is 0 Å². The van der Waals surface area contributed by atoms with Gasteiger partial charge < -0.3 is 14.8 Å². The van der Waals surface area contributed by atoms with Crippen molar-refractivity contribution in [3.05, 3.63) is 59.6 Å². The fourth-order valence-corrected chi connectivity index (χ4v) is 2.68. The average molecular weight is 373 g/mol. The molecule has 1 heterocycles. The van der Waals surface area contributed by atoms with Gasteiger partial charge in [0, 0.05) is 16.7 Å². The van der Waals surface area contributed by atoms with Gasteiger partial charge in [0.2, 0.25) is 5.91 Å². The van der Waals surface area contributed by atoms with E-state index in [9.17, 15) is 4.79 Å². The number of carbonyl (C=O) groups excluding carboxylic acids is 1. The third-order valence-electron chi connectivity index (χ3n) is 3.74. The van der Waals surface area contributed by atoms with E-state index in [1.54, 1.807) is 61.6 Å². The van der Waals surface area contributed by atoms with Crippen molar-refractivity contribution in [2.75, 3.05) is 19.5 Å². The lowest BCUT2D eigenvalue weighted by molar-refractivity contribution is -0.115. The van der Waals surface area contributed by atoms with Gasteiger partial charge in [-0.2, -0.15) is 5.10 Å². The minimum absolute atomic E-state index is 0.135. The Kier molecular flexibility index (Phi) is 5.38. The highest BCUT2D eigenvalue weighted by Gasteiger charge is 2.13. The fourth-order valence-electron chi connectivity index (χ4n) is 2.51. The van der Waals surface area contributed by atoms with Crippen LogP contribution in [-0.4, -0.2) is 34.9 Å². The molecule has 26 heavy (non-hydrogen) atoms. The molecule has 1 amide bonds. The quantitative estimate of drug-likeness (QED) is 0.719. The summed E-state index contributed by atoms with van der Waals surface area (Å²) in [5, 5.41) is 7.47. The van der Waals surface area contributed by atoms with Gasteiger partial charge in [-0.15, -0.1) is 0 Å². The van der Waals surface area contributed by atoms with Gasteiger partial charge in [0.25, 0.3) is 0 Å². The molecule has 0 aliphatic rings. The Morgan fingerprint density at radius 2 is 2.04 bits per heavy atom. The number of aromatic nitrogens is 3. The molecule has 0 bridgehead atoms. The molecule has 2 aromatic carbocycles. The Morgan fingerprint density at radius 1 is 1.19 bits per heavy atom. The molecule has 0 atom stereocenters. The molecule has 0 saturated carbocycles. The molecule has 1 N–H and O–H groups in total. The Hall–Kier alpha value is -3.06. The summed E-state index contributed by atoms with van der Waals surface area (Å²) in [4.78, 5) is 16.5. The Morgan fingerprint density at radius 3 is 2.73 bits per heavy atom. The maximum absolute atomic E-state index is 12.6. The van der Waals surface area contributed by atoms with Crippen LogP contribution in [0.5, 0.6) is 11.5 Å². The van der Waals surface area contributed by atoms with E-state index < -0.39 is 0 Å². The topological polar surface area (TPSA) is 78.3 Å². The van der Waals surface area contributed by atoms with Gasteiger partial charge in [0.1, 0.15) is 24.2 Å². The predicted octanol–water partition coefficient (Wildman–Crippen LogP) is 3.12. The van der Waals surface area contributed by atoms with Crippen molar-refractivity contribution in [2.24, 2.45) is 0 Å². The van der Waals surface area contributed by atoms with E-state index in [0.29, 0.717) is 27.9 Å². The van der Waals surface area contributed by atoms with Crippen molar-refractivity contribution in [1.82, 2.24) is 14.8 Å². The first-order chi connectivity index (χ1) is 12.6. The Bertz CT molecular complexity index is 913. The molecule has 0 aliphatic heterocycles. The van der Waals surface area contributed by atoms with Crippen molar-refractivity contribution < 1.29 is 14.3 Å². The average Bonchev–Trinajstić information content (AvgIpc) is 3.16. The van der Waals surface area contributed by atoms with Crippen LogP contribution < -0.4 is 14.8 Å². The van der Waals surface area contributed by atoms with E-state index in [0.717, 1.165) is 5.56 Å². The summed E-state index contributed by atoms with van der Waals surface area (Å²) in [6, 6.07) is 10.5. The van der Waals surface area contributed by atoms with Crippen LogP contribution in [0.3, 0.4) is 0 Å². The minimum atomic E-state index is -0.211. The zero-order chi connectivity index (χ0) is 18.5. The van der Waals surface area contributed by atoms with Crippen molar-refractivity contribution in [1.29, 1.82) is 0 Å². The molecule has 1 aromatic heterocycles. The molecule has 0 saturated heterocycles. The van der Waals surface area contributed by atoms with Gasteiger partial charge in [-0.1, -0.05) is 17.7 Å². The molecular weight excluding hydrogens is 356 g/mol. The number of carbonyl (C=O) groups is 1. The minimum Gasteiger partial charge on any atom is -0.497 e. The van der Waals surface area contributed by atoms with Crippen LogP contribution in [0.15, 0.2) is 49.1 Å². The van der Waals surface area contributed by atoms with E-state index in [2.05, 4.69) is 15.4 Å². The number of methoxy groups -OCH3 is 2. The molecule has 0 fully saturated rings. The highest BCUT2D eigenvalue weighted by Crippen LogP contribution is 2.27. The van der Waals surface area contributed by atoms with Crippen LogP contribution in [0.25, 0.3) is 5.69 Å². The SMILES string of the molecule is COc1ccc(CC(=O)Nc2cc(Cl)ccc2-n2cncn2)c(OC)c1. The molecule has 0 aliphatic carbocycles. The van der Waals surface area contributed by atoms with Crippen LogP contribution in [0.1, 0.15) is 5.56 Å². The number of nitrogens with one attached hydrogen (secondary N) is 1. The molecule has 3 rings (SSSR count). The van der Waals surface area contributed by atoms with E-state index in [1.807, 2.05) is 0 Å². The highest BCUT2D eigenvalue weighted by molar-refractivity contribution is 6.31. The molecule has 134 valence electrons. The molecule has 3 aromatic rings. The second kappa shape index (κ2) is 7.88. The number of halogens is 1. The second-order valence-electron chi connectivity index (χ2n) is 5.40. The van der Waals surface area contributed by atoms with Crippen molar-refractivity contribution in [3.8, 4) is 17.2 Å². The monoisotopic (exact) mass is 372 g/mol. The van der Waals surface area contributed by atoms with E-state index >= 15 is 0 Å². The molecule has 0 spiro atoms. The summed E-state index contributed by atoms with van der Waals surface area (Å²) in [6.45, 7) is 0. The third kappa shape index (κ3) is 3.94. The molecule has 0 radical (unpaired) electrons. The summed E-state index contributed by atoms with van der Waals surface area (Å²) in [7, 11) is 3.13. The lowest BCUT2D eigenvalue weighted by atomic mass is 10.1. The molecule has 8 heteroatoms. The summed E-state index contributed by atoms with van der Waals surface area (Å²) < 4.78 is 12.1. The van der Waals surface area contributed by atoms with Crippen LogP contribution in [-0.2, 0) is 11.2 Å².